The van der Waals surface area contributed by atoms with Crippen LogP contribution in [0.4, 0.5) is 52.7 Å². The van der Waals surface area contributed by atoms with Gasteiger partial charge in [0.15, 0.2) is 58.2 Å². The summed E-state index contributed by atoms with van der Waals surface area (Å²) in [5.41, 5.74) is -4.50. The largest absolute Gasteiger partial charge is 0.207 e. The second-order valence-corrected chi connectivity index (χ2v) is 8.01. The maximum atomic E-state index is 15.3. The summed E-state index contributed by atoms with van der Waals surface area (Å²) in [7, 11) is 0. The number of halogens is 12. The van der Waals surface area contributed by atoms with Crippen molar-refractivity contribution in [2.45, 2.75) is 0 Å². The Morgan fingerprint density at radius 3 is 1.21 bits per heavy atom. The van der Waals surface area contributed by atoms with Gasteiger partial charge in [-0.1, -0.05) is 6.07 Å². The maximum absolute atomic E-state index is 15.3. The van der Waals surface area contributed by atoms with E-state index in [1.807, 2.05) is 0 Å². The van der Waals surface area contributed by atoms with Crippen LogP contribution in [0.25, 0.3) is 43.8 Å². The Morgan fingerprint density at radius 2 is 0.789 bits per heavy atom. The van der Waals surface area contributed by atoms with Crippen molar-refractivity contribution in [2.75, 3.05) is 0 Å². The fraction of sp³-hybridized carbons (Fsp3) is 0. The van der Waals surface area contributed by atoms with Crippen molar-refractivity contribution in [1.82, 2.24) is 0 Å². The van der Waals surface area contributed by atoms with Crippen LogP contribution in [-0.2, 0) is 0 Å². The van der Waals surface area contributed by atoms with Crippen LogP contribution in [0, 0.1) is 69.8 Å². The number of fused-ring (bicyclic) bond motifs is 2. The molecule has 0 saturated carbocycles. The second-order valence-electron chi connectivity index (χ2n) is 8.01. The van der Waals surface area contributed by atoms with E-state index in [4.69, 9.17) is 0 Å². The van der Waals surface area contributed by atoms with Crippen LogP contribution in [0.2, 0.25) is 0 Å². The summed E-state index contributed by atoms with van der Waals surface area (Å²) in [6.07, 6.45) is 0. The Balaban J connectivity index is 2.24. The van der Waals surface area contributed by atoms with E-state index in [1.165, 1.54) is 0 Å². The summed E-state index contributed by atoms with van der Waals surface area (Å²) >= 11 is 0. The molecule has 0 aliphatic carbocycles. The van der Waals surface area contributed by atoms with Crippen LogP contribution in [-0.4, -0.2) is 0 Å². The van der Waals surface area contributed by atoms with E-state index < -0.39 is 114 Å². The molecule has 0 atom stereocenters. The van der Waals surface area contributed by atoms with E-state index in [1.54, 1.807) is 0 Å². The molecule has 0 heterocycles. The second kappa shape index (κ2) is 8.67. The molecule has 0 nitrogen and oxygen atoms in total. The van der Waals surface area contributed by atoms with Crippen molar-refractivity contribution in [3.63, 3.8) is 0 Å². The summed E-state index contributed by atoms with van der Waals surface area (Å²) in [6.45, 7) is 0. The normalized spacial score (nSPS) is 11.7. The standard InChI is InChI=1S/C26H6F12/c27-8-2-3-9(11(29)6-8)14-17-15(19(31)23(35)25(37)21(17)33)13(7-1-4-10(28)12(30)5-7)16-18(14)22(34)26(38)24(36)20(16)32/h1-6H. The number of rotatable bonds is 2. The smallest absolute Gasteiger partial charge is 0.198 e. The van der Waals surface area contributed by atoms with Crippen molar-refractivity contribution in [3.8, 4) is 22.3 Å². The lowest BCUT2D eigenvalue weighted by atomic mass is 9.84. The highest BCUT2D eigenvalue weighted by molar-refractivity contribution is 6.22. The monoisotopic (exact) mass is 546 g/mol. The Morgan fingerprint density at radius 1 is 0.342 bits per heavy atom. The third-order valence-corrected chi connectivity index (χ3v) is 5.94. The molecule has 0 N–H and O–H groups in total. The van der Waals surface area contributed by atoms with Crippen LogP contribution < -0.4 is 0 Å². The van der Waals surface area contributed by atoms with Gasteiger partial charge in [-0.3, -0.25) is 0 Å². The minimum atomic E-state index is -2.52. The number of benzene rings is 5. The van der Waals surface area contributed by atoms with Crippen molar-refractivity contribution < 1.29 is 52.7 Å². The summed E-state index contributed by atoms with van der Waals surface area (Å²) in [4.78, 5) is 0. The molecule has 194 valence electrons. The van der Waals surface area contributed by atoms with Gasteiger partial charge in [0.2, 0.25) is 0 Å². The summed E-state index contributed by atoms with van der Waals surface area (Å²) in [6, 6.07) is 2.38. The molecule has 0 aliphatic rings. The molecular formula is C26H6F12. The van der Waals surface area contributed by atoms with Crippen LogP contribution in [0.3, 0.4) is 0 Å². The van der Waals surface area contributed by atoms with Gasteiger partial charge < -0.3 is 0 Å². The predicted octanol–water partition coefficient (Wildman–Crippen LogP) is 9.00. The number of hydrogen-bond donors (Lipinski definition) is 0. The van der Waals surface area contributed by atoms with E-state index in [0.717, 1.165) is 0 Å². The van der Waals surface area contributed by atoms with Crippen LogP contribution in [0.15, 0.2) is 36.4 Å². The Labute approximate surface area is 203 Å². The van der Waals surface area contributed by atoms with Gasteiger partial charge in [0.05, 0.1) is 0 Å². The van der Waals surface area contributed by atoms with E-state index in [-0.39, 0.29) is 12.1 Å². The van der Waals surface area contributed by atoms with E-state index >= 15 is 17.6 Å². The molecule has 5 rings (SSSR count). The molecule has 0 amide bonds. The van der Waals surface area contributed by atoms with Crippen molar-refractivity contribution >= 4 is 21.5 Å². The van der Waals surface area contributed by atoms with Gasteiger partial charge in [-0.25, -0.2) is 52.7 Å². The molecule has 12 heteroatoms. The highest BCUT2D eigenvalue weighted by Gasteiger charge is 2.34. The molecule has 0 unspecified atom stereocenters. The van der Waals surface area contributed by atoms with Gasteiger partial charge in [0.1, 0.15) is 11.6 Å². The summed E-state index contributed by atoms with van der Waals surface area (Å²) < 4.78 is 175. The average molecular weight is 546 g/mol. The first-order valence-corrected chi connectivity index (χ1v) is 10.2. The highest BCUT2D eigenvalue weighted by Crippen LogP contribution is 2.49. The summed E-state index contributed by atoms with van der Waals surface area (Å²) in [5.74, 6) is -25.4. The van der Waals surface area contributed by atoms with Crippen molar-refractivity contribution in [2.24, 2.45) is 0 Å². The van der Waals surface area contributed by atoms with Gasteiger partial charge in [-0.15, -0.1) is 0 Å². The van der Waals surface area contributed by atoms with Crippen LogP contribution in [0.1, 0.15) is 0 Å². The molecule has 0 aromatic heterocycles. The quantitative estimate of drug-likeness (QED) is 0.0898. The van der Waals surface area contributed by atoms with Gasteiger partial charge in [0.25, 0.3) is 0 Å². The molecule has 0 aliphatic heterocycles. The minimum Gasteiger partial charge on any atom is -0.207 e. The topological polar surface area (TPSA) is 0 Å². The maximum Gasteiger partial charge on any atom is 0.198 e. The van der Waals surface area contributed by atoms with Crippen molar-refractivity contribution in [1.29, 1.82) is 0 Å². The Bertz CT molecular complexity index is 1760. The molecule has 0 saturated heterocycles. The minimum absolute atomic E-state index is 0.151. The molecule has 38 heavy (non-hydrogen) atoms. The summed E-state index contributed by atoms with van der Waals surface area (Å²) in [5, 5.41) is -5.99. The van der Waals surface area contributed by atoms with E-state index in [0.29, 0.717) is 24.3 Å². The van der Waals surface area contributed by atoms with Gasteiger partial charge in [0, 0.05) is 44.3 Å². The molecule has 5 aromatic rings. The first-order valence-electron chi connectivity index (χ1n) is 10.2. The van der Waals surface area contributed by atoms with E-state index in [9.17, 15) is 35.1 Å². The van der Waals surface area contributed by atoms with Gasteiger partial charge >= 0.3 is 0 Å². The van der Waals surface area contributed by atoms with Crippen LogP contribution in [0.5, 0.6) is 0 Å². The molecule has 0 radical (unpaired) electrons. The zero-order valence-electron chi connectivity index (χ0n) is 18.0. The molecule has 0 bridgehead atoms. The lowest BCUT2D eigenvalue weighted by Gasteiger charge is -2.21. The third kappa shape index (κ3) is 3.42. The average Bonchev–Trinajstić information content (AvgIpc) is 2.88. The number of hydrogen-bond acceptors (Lipinski definition) is 0. The fourth-order valence-electron chi connectivity index (χ4n) is 4.35. The molecule has 5 aromatic carbocycles. The fourth-order valence-corrected chi connectivity index (χ4v) is 4.35. The zero-order chi connectivity index (χ0) is 27.8. The lowest BCUT2D eigenvalue weighted by Crippen LogP contribution is -2.07. The van der Waals surface area contributed by atoms with Gasteiger partial charge in [-0.05, 0) is 29.8 Å². The first kappa shape index (κ1) is 25.4. The first-order chi connectivity index (χ1) is 17.9. The van der Waals surface area contributed by atoms with Crippen LogP contribution >= 0.6 is 0 Å². The highest BCUT2D eigenvalue weighted by atomic mass is 19.2. The van der Waals surface area contributed by atoms with E-state index in [2.05, 4.69) is 0 Å². The Kier molecular flexibility index (Phi) is 5.80. The predicted molar refractivity (Wildman–Crippen MR) is 112 cm³/mol. The molecular weight excluding hydrogens is 540 g/mol. The van der Waals surface area contributed by atoms with Crippen molar-refractivity contribution in [3.05, 3.63) is 106 Å². The zero-order valence-corrected chi connectivity index (χ0v) is 18.0. The van der Waals surface area contributed by atoms with Gasteiger partial charge in [-0.2, -0.15) is 0 Å². The lowest BCUT2D eigenvalue weighted by molar-refractivity contribution is 0.416. The molecule has 0 fully saturated rings. The third-order valence-electron chi connectivity index (χ3n) is 5.94. The Hall–Kier alpha value is -4.22. The molecule has 0 spiro atoms. The SMILES string of the molecule is Fc1ccc(-c2c3c(F)c(F)c(F)c(F)c3c(-c3ccc(F)c(F)c3)c3c(F)c(F)c(F)c(F)c23)c(F)c1.